The van der Waals surface area contributed by atoms with E-state index in [1.807, 2.05) is 40.1 Å². The molecule has 0 amide bonds. The maximum atomic E-state index is 5.38. The summed E-state index contributed by atoms with van der Waals surface area (Å²) < 4.78 is 0. The van der Waals surface area contributed by atoms with E-state index in [9.17, 15) is 0 Å². The van der Waals surface area contributed by atoms with Crippen LogP contribution in [0.2, 0.25) is 0 Å². The number of nitrogens with one attached hydrogen (secondary N) is 2. The third-order valence-corrected chi connectivity index (χ3v) is 2.63. The maximum Gasteiger partial charge on any atom is 0.243 e. The number of nitrogens with zero attached hydrogens (tertiary/aromatic N) is 4. The molecule has 0 aliphatic carbocycles. The van der Waals surface area contributed by atoms with Gasteiger partial charge in [-0.3, -0.25) is 5.43 Å². The molecule has 0 radical (unpaired) electrons. The van der Waals surface area contributed by atoms with E-state index in [1.165, 1.54) is 11.1 Å². The number of aryl methyl sites for hydroxylation is 2. The number of hydrogen-bond donors (Lipinski definition) is 3. The van der Waals surface area contributed by atoms with Crippen LogP contribution in [-0.2, 0) is 0 Å². The molecule has 0 spiro atoms. The lowest BCUT2D eigenvalue weighted by Crippen LogP contribution is -2.18. The highest BCUT2D eigenvalue weighted by Gasteiger charge is 2.08. The van der Waals surface area contributed by atoms with Crippen molar-refractivity contribution in [3.8, 4) is 0 Å². The third kappa shape index (κ3) is 3.33. The van der Waals surface area contributed by atoms with E-state index in [4.69, 9.17) is 5.84 Å². The third-order valence-electron chi connectivity index (χ3n) is 2.63. The topological polar surface area (TPSA) is 92.0 Å². The van der Waals surface area contributed by atoms with Crippen molar-refractivity contribution < 1.29 is 0 Å². The molecular formula is C13H19N7. The van der Waals surface area contributed by atoms with Crippen molar-refractivity contribution in [3.05, 3.63) is 29.3 Å². The van der Waals surface area contributed by atoms with Crippen LogP contribution in [-0.4, -0.2) is 29.0 Å². The summed E-state index contributed by atoms with van der Waals surface area (Å²) in [6.45, 7) is 4.09. The molecule has 20 heavy (non-hydrogen) atoms. The van der Waals surface area contributed by atoms with Gasteiger partial charge in [0.2, 0.25) is 17.8 Å². The van der Waals surface area contributed by atoms with Gasteiger partial charge in [-0.1, -0.05) is 6.07 Å². The zero-order valence-corrected chi connectivity index (χ0v) is 12.1. The Balaban J connectivity index is 2.34. The summed E-state index contributed by atoms with van der Waals surface area (Å²) in [4.78, 5) is 14.5. The number of rotatable bonds is 4. The normalized spacial score (nSPS) is 10.2. The van der Waals surface area contributed by atoms with Crippen LogP contribution >= 0.6 is 0 Å². The van der Waals surface area contributed by atoms with E-state index in [1.54, 1.807) is 4.90 Å². The number of hydrazine groups is 1. The molecule has 2 rings (SSSR count). The molecule has 0 unspecified atom stereocenters. The van der Waals surface area contributed by atoms with Crippen LogP contribution in [0.1, 0.15) is 11.1 Å². The first-order valence-corrected chi connectivity index (χ1v) is 6.23. The van der Waals surface area contributed by atoms with Crippen molar-refractivity contribution in [1.29, 1.82) is 0 Å². The van der Waals surface area contributed by atoms with Gasteiger partial charge in [0.1, 0.15) is 0 Å². The van der Waals surface area contributed by atoms with Gasteiger partial charge in [-0.05, 0) is 37.1 Å². The fourth-order valence-electron chi connectivity index (χ4n) is 1.86. The van der Waals surface area contributed by atoms with Crippen molar-refractivity contribution >= 4 is 23.5 Å². The Bertz CT molecular complexity index is 589. The van der Waals surface area contributed by atoms with Gasteiger partial charge in [-0.2, -0.15) is 15.0 Å². The van der Waals surface area contributed by atoms with E-state index in [0.717, 1.165) is 5.69 Å². The van der Waals surface area contributed by atoms with Gasteiger partial charge in [0.15, 0.2) is 0 Å². The number of hydrogen-bond acceptors (Lipinski definition) is 7. The number of nitrogen functional groups attached to an aromatic ring is 1. The summed E-state index contributed by atoms with van der Waals surface area (Å²) in [7, 11) is 3.71. The number of benzene rings is 1. The van der Waals surface area contributed by atoms with E-state index < -0.39 is 0 Å². The maximum absolute atomic E-state index is 5.38. The smallest absolute Gasteiger partial charge is 0.243 e. The number of anilines is 4. The lowest BCUT2D eigenvalue weighted by molar-refractivity contribution is 0.957. The molecule has 1 aromatic carbocycles. The molecule has 2 aromatic rings. The minimum Gasteiger partial charge on any atom is -0.347 e. The fourth-order valence-corrected chi connectivity index (χ4v) is 1.86. The van der Waals surface area contributed by atoms with Crippen molar-refractivity contribution in [3.63, 3.8) is 0 Å². The van der Waals surface area contributed by atoms with Gasteiger partial charge in [0.25, 0.3) is 0 Å². The highest BCUT2D eigenvalue weighted by molar-refractivity contribution is 5.57. The van der Waals surface area contributed by atoms with E-state index in [0.29, 0.717) is 17.8 Å². The van der Waals surface area contributed by atoms with E-state index in [-0.39, 0.29) is 0 Å². The summed E-state index contributed by atoms with van der Waals surface area (Å²) in [6, 6.07) is 6.17. The number of nitrogens with two attached hydrogens (primary N) is 1. The Hall–Kier alpha value is -2.41. The molecule has 0 aliphatic rings. The molecule has 7 nitrogen and oxygen atoms in total. The van der Waals surface area contributed by atoms with Crippen LogP contribution in [0.4, 0.5) is 23.5 Å². The average Bonchev–Trinajstić information content (AvgIpc) is 2.36. The van der Waals surface area contributed by atoms with Crippen molar-refractivity contribution in [2.75, 3.05) is 29.7 Å². The highest BCUT2D eigenvalue weighted by atomic mass is 15.4. The first-order chi connectivity index (χ1) is 9.47. The molecule has 0 saturated carbocycles. The standard InChI is InChI=1S/C13H19N7/c1-8-5-9(2)7-10(6-8)15-11-16-12(19-14)18-13(17-11)20(3)4/h5-7H,14H2,1-4H3,(H2,15,16,17,18,19). The molecule has 0 bridgehead atoms. The van der Waals surface area contributed by atoms with Gasteiger partial charge in [0, 0.05) is 19.8 Å². The molecule has 1 heterocycles. The molecule has 0 fully saturated rings. The number of aromatic nitrogens is 3. The highest BCUT2D eigenvalue weighted by Crippen LogP contribution is 2.19. The van der Waals surface area contributed by atoms with Crippen LogP contribution in [0.5, 0.6) is 0 Å². The quantitative estimate of drug-likeness (QED) is 0.575. The Kier molecular flexibility index (Phi) is 3.99. The summed E-state index contributed by atoms with van der Waals surface area (Å²) in [6.07, 6.45) is 0. The van der Waals surface area contributed by atoms with Gasteiger partial charge in [0.05, 0.1) is 0 Å². The predicted molar refractivity (Wildman–Crippen MR) is 81.2 cm³/mol. The first kappa shape index (κ1) is 14.0. The zero-order chi connectivity index (χ0) is 14.7. The van der Waals surface area contributed by atoms with Crippen LogP contribution < -0.4 is 21.5 Å². The minimum absolute atomic E-state index is 0.315. The molecular weight excluding hydrogens is 254 g/mol. The molecule has 0 atom stereocenters. The summed E-state index contributed by atoms with van der Waals surface area (Å²) in [5.74, 6) is 6.67. The van der Waals surface area contributed by atoms with Crippen molar-refractivity contribution in [2.45, 2.75) is 13.8 Å². The monoisotopic (exact) mass is 273 g/mol. The predicted octanol–water partition coefficient (Wildman–Crippen LogP) is 1.58. The van der Waals surface area contributed by atoms with Gasteiger partial charge >= 0.3 is 0 Å². The zero-order valence-electron chi connectivity index (χ0n) is 12.1. The average molecular weight is 273 g/mol. The Morgan fingerprint density at radius 1 is 0.950 bits per heavy atom. The lowest BCUT2D eigenvalue weighted by Gasteiger charge is -2.13. The van der Waals surface area contributed by atoms with Gasteiger partial charge < -0.3 is 10.2 Å². The van der Waals surface area contributed by atoms with E-state index >= 15 is 0 Å². The van der Waals surface area contributed by atoms with Crippen LogP contribution in [0.3, 0.4) is 0 Å². The van der Waals surface area contributed by atoms with Gasteiger partial charge in [-0.15, -0.1) is 0 Å². The van der Waals surface area contributed by atoms with Crippen LogP contribution in [0, 0.1) is 13.8 Å². The molecule has 7 heteroatoms. The fraction of sp³-hybridized carbons (Fsp3) is 0.308. The molecule has 106 valence electrons. The summed E-state index contributed by atoms with van der Waals surface area (Å²) in [5.41, 5.74) is 5.72. The summed E-state index contributed by atoms with van der Waals surface area (Å²) >= 11 is 0. The lowest BCUT2D eigenvalue weighted by atomic mass is 10.1. The Morgan fingerprint density at radius 3 is 2.10 bits per heavy atom. The molecule has 1 aromatic heterocycles. The second-order valence-corrected chi connectivity index (χ2v) is 4.82. The van der Waals surface area contributed by atoms with E-state index in [2.05, 4.69) is 31.8 Å². The van der Waals surface area contributed by atoms with Crippen molar-refractivity contribution in [2.24, 2.45) is 5.84 Å². The Morgan fingerprint density at radius 2 is 1.55 bits per heavy atom. The Labute approximate surface area is 118 Å². The molecule has 0 aliphatic heterocycles. The first-order valence-electron chi connectivity index (χ1n) is 6.23. The largest absolute Gasteiger partial charge is 0.347 e. The van der Waals surface area contributed by atoms with Gasteiger partial charge in [-0.25, -0.2) is 5.84 Å². The van der Waals surface area contributed by atoms with Crippen LogP contribution in [0.15, 0.2) is 18.2 Å². The second kappa shape index (κ2) is 5.70. The van der Waals surface area contributed by atoms with Crippen LogP contribution in [0.25, 0.3) is 0 Å². The molecule has 4 N–H and O–H groups in total. The van der Waals surface area contributed by atoms with Crippen molar-refractivity contribution in [1.82, 2.24) is 15.0 Å². The SMILES string of the molecule is Cc1cc(C)cc(Nc2nc(NN)nc(N(C)C)n2)c1. The molecule has 0 saturated heterocycles. The minimum atomic E-state index is 0.315. The summed E-state index contributed by atoms with van der Waals surface area (Å²) in [5, 5.41) is 3.17. The second-order valence-electron chi connectivity index (χ2n) is 4.82.